The summed E-state index contributed by atoms with van der Waals surface area (Å²) in [5.74, 6) is -0.0894. The number of aliphatic hydroxyl groups excluding tert-OH is 1. The van der Waals surface area contributed by atoms with E-state index >= 15 is 0 Å². The van der Waals surface area contributed by atoms with E-state index in [4.69, 9.17) is 14.2 Å². The Bertz CT molecular complexity index is 1120. The van der Waals surface area contributed by atoms with Crippen LogP contribution in [0, 0.1) is 6.92 Å². The van der Waals surface area contributed by atoms with Gasteiger partial charge >= 0.3 is 0 Å². The third kappa shape index (κ3) is 5.39. The van der Waals surface area contributed by atoms with Gasteiger partial charge in [0.2, 0.25) is 0 Å². The van der Waals surface area contributed by atoms with Crippen molar-refractivity contribution >= 4 is 17.4 Å². The summed E-state index contributed by atoms with van der Waals surface area (Å²) in [6, 6.07) is 11.9. The Morgan fingerprint density at radius 3 is 2.39 bits per heavy atom. The van der Waals surface area contributed by atoms with Gasteiger partial charge in [-0.25, -0.2) is 0 Å². The summed E-state index contributed by atoms with van der Waals surface area (Å²) in [7, 11) is 1.58. The van der Waals surface area contributed by atoms with Crippen LogP contribution in [-0.2, 0) is 14.3 Å². The van der Waals surface area contributed by atoms with Crippen molar-refractivity contribution in [2.75, 3.05) is 53.1 Å². The van der Waals surface area contributed by atoms with Crippen molar-refractivity contribution in [3.8, 4) is 11.5 Å². The molecule has 36 heavy (non-hydrogen) atoms. The van der Waals surface area contributed by atoms with Gasteiger partial charge in [0, 0.05) is 31.7 Å². The number of carbonyl (C=O) groups is 2. The summed E-state index contributed by atoms with van der Waals surface area (Å²) in [6.45, 7) is 8.61. The fourth-order valence-corrected chi connectivity index (χ4v) is 4.84. The Labute approximate surface area is 212 Å². The number of nitrogens with zero attached hydrogens (tertiary/aromatic N) is 2. The molecule has 2 aromatic carbocycles. The lowest BCUT2D eigenvalue weighted by molar-refractivity contribution is -0.140. The number of hydrogen-bond donors (Lipinski definition) is 1. The Hall–Kier alpha value is -3.36. The smallest absolute Gasteiger partial charge is 0.295 e. The maximum Gasteiger partial charge on any atom is 0.295 e. The summed E-state index contributed by atoms with van der Waals surface area (Å²) in [4.78, 5) is 30.4. The highest BCUT2D eigenvalue weighted by Crippen LogP contribution is 2.40. The highest BCUT2D eigenvalue weighted by molar-refractivity contribution is 6.46. The number of Topliss-reactive ketones (excluding diaryl/α,β-unsaturated/α-hetero) is 1. The van der Waals surface area contributed by atoms with Crippen molar-refractivity contribution < 1.29 is 28.9 Å². The number of aryl methyl sites for hydroxylation is 1. The van der Waals surface area contributed by atoms with Crippen LogP contribution in [0.3, 0.4) is 0 Å². The maximum atomic E-state index is 13.3. The number of rotatable bonds is 9. The first-order valence-corrected chi connectivity index (χ1v) is 12.4. The molecule has 1 atom stereocenters. The van der Waals surface area contributed by atoms with Crippen molar-refractivity contribution in [3.05, 3.63) is 64.7 Å². The summed E-state index contributed by atoms with van der Waals surface area (Å²) >= 11 is 0. The third-order valence-electron chi connectivity index (χ3n) is 6.71. The predicted molar refractivity (Wildman–Crippen MR) is 136 cm³/mol. The first kappa shape index (κ1) is 25.7. The SMILES string of the molecule is CCOc1ccc(C(O)=C2C(=O)C(=O)N(CCCN3CCOCC3)[C@@H]2c2ccc(OC)cc2)c(C)c1. The van der Waals surface area contributed by atoms with Crippen molar-refractivity contribution in [2.45, 2.75) is 26.3 Å². The molecule has 4 rings (SSSR count). The zero-order valence-corrected chi connectivity index (χ0v) is 21.2. The average Bonchev–Trinajstić information content (AvgIpc) is 3.14. The zero-order valence-electron chi connectivity index (χ0n) is 21.2. The quantitative estimate of drug-likeness (QED) is 0.324. The van der Waals surface area contributed by atoms with Crippen LogP contribution in [0.15, 0.2) is 48.0 Å². The molecule has 0 aromatic heterocycles. The Morgan fingerprint density at radius 2 is 1.75 bits per heavy atom. The van der Waals surface area contributed by atoms with Crippen molar-refractivity contribution in [2.24, 2.45) is 0 Å². The van der Waals surface area contributed by atoms with E-state index in [1.165, 1.54) is 0 Å². The number of likely N-dealkylation sites (tertiary alicyclic amines) is 1. The molecule has 2 aromatic rings. The second-order valence-corrected chi connectivity index (χ2v) is 8.98. The molecule has 0 radical (unpaired) electrons. The molecule has 0 unspecified atom stereocenters. The van der Waals surface area contributed by atoms with Gasteiger partial charge in [-0.1, -0.05) is 12.1 Å². The van der Waals surface area contributed by atoms with Gasteiger partial charge in [-0.3, -0.25) is 14.5 Å². The number of amides is 1. The highest BCUT2D eigenvalue weighted by atomic mass is 16.5. The van der Waals surface area contributed by atoms with Gasteiger partial charge < -0.3 is 24.2 Å². The van der Waals surface area contributed by atoms with Crippen LogP contribution < -0.4 is 9.47 Å². The lowest BCUT2D eigenvalue weighted by Crippen LogP contribution is -2.38. The van der Waals surface area contributed by atoms with E-state index in [0.29, 0.717) is 49.8 Å². The molecule has 8 heteroatoms. The number of methoxy groups -OCH3 is 1. The lowest BCUT2D eigenvalue weighted by atomic mass is 9.93. The van der Waals surface area contributed by atoms with Gasteiger partial charge in [0.05, 0.1) is 38.5 Å². The third-order valence-corrected chi connectivity index (χ3v) is 6.71. The number of ketones is 1. The van der Waals surface area contributed by atoms with Crippen molar-refractivity contribution in [1.82, 2.24) is 9.80 Å². The fourth-order valence-electron chi connectivity index (χ4n) is 4.84. The molecular formula is C28H34N2O6. The summed E-state index contributed by atoms with van der Waals surface area (Å²) in [6.07, 6.45) is 0.710. The molecule has 2 heterocycles. The maximum absolute atomic E-state index is 13.3. The second-order valence-electron chi connectivity index (χ2n) is 8.98. The number of ether oxygens (including phenoxy) is 3. The van der Waals surface area contributed by atoms with E-state index in [1.807, 2.05) is 32.0 Å². The van der Waals surface area contributed by atoms with Crippen molar-refractivity contribution in [3.63, 3.8) is 0 Å². The number of aliphatic hydroxyl groups is 1. The first-order valence-electron chi connectivity index (χ1n) is 12.4. The van der Waals surface area contributed by atoms with Crippen LogP contribution >= 0.6 is 0 Å². The van der Waals surface area contributed by atoms with E-state index in [9.17, 15) is 14.7 Å². The van der Waals surface area contributed by atoms with E-state index in [0.717, 1.165) is 30.8 Å². The minimum Gasteiger partial charge on any atom is -0.507 e. The predicted octanol–water partition coefficient (Wildman–Crippen LogP) is 3.55. The average molecular weight is 495 g/mol. The molecule has 1 amide bonds. The largest absolute Gasteiger partial charge is 0.507 e. The van der Waals surface area contributed by atoms with Gasteiger partial charge in [0.1, 0.15) is 17.3 Å². The molecular weight excluding hydrogens is 460 g/mol. The molecule has 8 nitrogen and oxygen atoms in total. The number of benzene rings is 2. The Morgan fingerprint density at radius 1 is 1.06 bits per heavy atom. The lowest BCUT2D eigenvalue weighted by Gasteiger charge is -2.29. The van der Waals surface area contributed by atoms with Crippen LogP contribution in [0.2, 0.25) is 0 Å². The van der Waals surface area contributed by atoms with Crippen molar-refractivity contribution in [1.29, 1.82) is 0 Å². The topological polar surface area (TPSA) is 88.5 Å². The van der Waals surface area contributed by atoms with Gasteiger partial charge in [-0.2, -0.15) is 0 Å². The molecule has 0 saturated carbocycles. The van der Waals surface area contributed by atoms with E-state index in [1.54, 1.807) is 36.3 Å². The number of morpholine rings is 1. The van der Waals surface area contributed by atoms with Gasteiger partial charge in [-0.05, 0) is 61.7 Å². The number of carbonyl (C=O) groups excluding carboxylic acids is 2. The van der Waals surface area contributed by atoms with Crippen LogP contribution in [0.25, 0.3) is 5.76 Å². The van der Waals surface area contributed by atoms with Gasteiger partial charge in [0.25, 0.3) is 11.7 Å². The first-order chi connectivity index (χ1) is 17.4. The molecule has 2 saturated heterocycles. The van der Waals surface area contributed by atoms with Gasteiger partial charge in [0.15, 0.2) is 0 Å². The van der Waals surface area contributed by atoms with E-state index < -0.39 is 17.7 Å². The van der Waals surface area contributed by atoms with Gasteiger partial charge in [-0.15, -0.1) is 0 Å². The minimum atomic E-state index is -0.688. The fraction of sp³-hybridized carbons (Fsp3) is 0.429. The van der Waals surface area contributed by atoms with E-state index in [-0.39, 0.29) is 11.3 Å². The molecule has 2 aliphatic rings. The Kier molecular flexibility index (Phi) is 8.28. The number of hydrogen-bond acceptors (Lipinski definition) is 7. The van der Waals surface area contributed by atoms with E-state index in [2.05, 4.69) is 4.90 Å². The summed E-state index contributed by atoms with van der Waals surface area (Å²) in [5, 5.41) is 11.4. The van der Waals surface area contributed by atoms with Crippen LogP contribution in [-0.4, -0.2) is 79.7 Å². The minimum absolute atomic E-state index is 0.101. The standard InChI is InChI=1S/C28H34N2O6/c1-4-36-22-10-11-23(19(2)18-22)26(31)24-25(20-6-8-21(34-3)9-7-20)30(28(33)27(24)32)13-5-12-29-14-16-35-17-15-29/h6-11,18,25,31H,4-5,12-17H2,1-3H3/t25-/m1/s1. The highest BCUT2D eigenvalue weighted by Gasteiger charge is 2.46. The summed E-state index contributed by atoms with van der Waals surface area (Å²) in [5.41, 5.74) is 2.10. The van der Waals surface area contributed by atoms with Crippen LogP contribution in [0.5, 0.6) is 11.5 Å². The molecule has 192 valence electrons. The Balaban J connectivity index is 1.69. The second kappa shape index (κ2) is 11.6. The zero-order chi connectivity index (χ0) is 25.7. The molecule has 1 N–H and O–H groups in total. The summed E-state index contributed by atoms with van der Waals surface area (Å²) < 4.78 is 16.3. The molecule has 2 aliphatic heterocycles. The molecule has 0 spiro atoms. The monoisotopic (exact) mass is 494 g/mol. The molecule has 0 bridgehead atoms. The molecule has 0 aliphatic carbocycles. The van der Waals surface area contributed by atoms with Crippen LogP contribution in [0.1, 0.15) is 36.1 Å². The normalized spacial score (nSPS) is 20.1. The van der Waals surface area contributed by atoms with Crippen LogP contribution in [0.4, 0.5) is 0 Å². The molecule has 2 fully saturated rings.